The molecule has 0 spiro atoms. The Balaban J connectivity index is 1.85. The van der Waals surface area contributed by atoms with Gasteiger partial charge in [0.1, 0.15) is 5.75 Å². The first-order valence-electron chi connectivity index (χ1n) is 8.98. The summed E-state index contributed by atoms with van der Waals surface area (Å²) in [6.07, 6.45) is 2.80. The molecule has 10 heteroatoms. The monoisotopic (exact) mass is 428 g/mol. The van der Waals surface area contributed by atoms with Crippen molar-refractivity contribution in [2.75, 3.05) is 18.2 Å². The number of amides is 1. The lowest BCUT2D eigenvalue weighted by molar-refractivity contribution is -0.113. The van der Waals surface area contributed by atoms with Gasteiger partial charge in [-0.2, -0.15) is 5.10 Å². The molecule has 156 valence electrons. The van der Waals surface area contributed by atoms with E-state index < -0.39 is 27.5 Å². The molecule has 1 unspecified atom stereocenters. The fraction of sp³-hybridized carbons (Fsp3) is 0.200. The summed E-state index contributed by atoms with van der Waals surface area (Å²) in [5.74, 6) is -2.40. The minimum atomic E-state index is -3.94. The summed E-state index contributed by atoms with van der Waals surface area (Å²) in [4.78, 5) is 28.3. The lowest BCUT2D eigenvalue weighted by atomic mass is 10.1. The molecule has 0 aliphatic carbocycles. The molecule has 2 heterocycles. The Kier molecular flexibility index (Phi) is 6.26. The van der Waals surface area contributed by atoms with Gasteiger partial charge in [-0.05, 0) is 24.6 Å². The molecule has 0 aliphatic heterocycles. The number of anilines is 1. The number of carbonyl (C=O) groups excluding carboxylic acids is 2. The molecule has 0 fully saturated rings. The number of hydrogen-bond donors (Lipinski definition) is 1. The molecule has 1 atom stereocenters. The molecule has 3 aromatic rings. The Bertz CT molecular complexity index is 1140. The fourth-order valence-electron chi connectivity index (χ4n) is 2.78. The van der Waals surface area contributed by atoms with Crippen LogP contribution in [0.3, 0.4) is 0 Å². The van der Waals surface area contributed by atoms with E-state index in [1.54, 1.807) is 6.07 Å². The Hall–Kier alpha value is -3.53. The quantitative estimate of drug-likeness (QED) is 0.572. The highest BCUT2D eigenvalue weighted by Gasteiger charge is 2.25. The third-order valence-electron chi connectivity index (χ3n) is 4.34. The summed E-state index contributed by atoms with van der Waals surface area (Å²) in [6, 6.07) is 13.6. The van der Waals surface area contributed by atoms with E-state index in [1.165, 1.54) is 36.3 Å². The average Bonchev–Trinajstić information content (AvgIpc) is 3.17. The van der Waals surface area contributed by atoms with Crippen LogP contribution in [0.4, 0.5) is 5.69 Å². The zero-order chi connectivity index (χ0) is 21.7. The first kappa shape index (κ1) is 21.2. The van der Waals surface area contributed by atoms with Crippen molar-refractivity contribution >= 4 is 27.4 Å². The van der Waals surface area contributed by atoms with E-state index in [0.717, 1.165) is 5.56 Å². The van der Waals surface area contributed by atoms with Gasteiger partial charge in [0, 0.05) is 6.20 Å². The van der Waals surface area contributed by atoms with E-state index >= 15 is 0 Å². The molecule has 9 nitrogen and oxygen atoms in total. The number of methoxy groups -OCH3 is 1. The van der Waals surface area contributed by atoms with Gasteiger partial charge >= 0.3 is 5.97 Å². The molecule has 0 aliphatic rings. The van der Waals surface area contributed by atoms with Crippen LogP contribution in [0.15, 0.2) is 66.0 Å². The van der Waals surface area contributed by atoms with Crippen LogP contribution in [-0.4, -0.2) is 47.9 Å². The molecule has 0 bridgehead atoms. The summed E-state index contributed by atoms with van der Waals surface area (Å²) >= 11 is 0. The van der Waals surface area contributed by atoms with Crippen LogP contribution in [-0.2, 0) is 19.4 Å². The van der Waals surface area contributed by atoms with Crippen LogP contribution in [0, 0.1) is 0 Å². The second-order valence-corrected chi connectivity index (χ2v) is 8.36. The van der Waals surface area contributed by atoms with Crippen LogP contribution in [0.5, 0.6) is 0 Å². The zero-order valence-electron chi connectivity index (χ0n) is 16.3. The molecule has 1 N–H and O–H groups in total. The molecule has 30 heavy (non-hydrogen) atoms. The van der Waals surface area contributed by atoms with Gasteiger partial charge < -0.3 is 10.1 Å². The largest absolute Gasteiger partial charge is 0.464 e. The van der Waals surface area contributed by atoms with E-state index in [-0.39, 0.29) is 22.4 Å². The number of aromatic nitrogens is 3. The van der Waals surface area contributed by atoms with Gasteiger partial charge in [0.15, 0.2) is 10.7 Å². The predicted molar refractivity (Wildman–Crippen MR) is 109 cm³/mol. The number of sulfone groups is 1. The Morgan fingerprint density at radius 2 is 1.83 bits per heavy atom. The minimum Gasteiger partial charge on any atom is -0.464 e. The SMILES string of the molecule is COC(=O)c1nn(C(C)c2ccccc2)cc1NC(=O)CS(=O)(=O)c1ccccn1. The molecule has 2 aromatic heterocycles. The molecule has 0 saturated heterocycles. The average molecular weight is 428 g/mol. The van der Waals surface area contributed by atoms with Crippen molar-refractivity contribution in [3.05, 3.63) is 72.2 Å². The van der Waals surface area contributed by atoms with E-state index in [0.29, 0.717) is 0 Å². The van der Waals surface area contributed by atoms with Crippen LogP contribution in [0.2, 0.25) is 0 Å². The molecule has 0 radical (unpaired) electrons. The van der Waals surface area contributed by atoms with Gasteiger partial charge in [0.05, 0.1) is 25.0 Å². The molecular formula is C20H20N4O5S. The van der Waals surface area contributed by atoms with Crippen molar-refractivity contribution in [3.8, 4) is 0 Å². The topological polar surface area (TPSA) is 120 Å². The number of esters is 1. The van der Waals surface area contributed by atoms with Crippen molar-refractivity contribution in [1.29, 1.82) is 0 Å². The van der Waals surface area contributed by atoms with E-state index in [9.17, 15) is 18.0 Å². The third-order valence-corrected chi connectivity index (χ3v) is 5.86. The lowest BCUT2D eigenvalue weighted by Gasteiger charge is -2.12. The highest BCUT2D eigenvalue weighted by Crippen LogP contribution is 2.22. The number of nitrogens with zero attached hydrogens (tertiary/aromatic N) is 3. The maximum Gasteiger partial charge on any atom is 0.360 e. The van der Waals surface area contributed by atoms with Gasteiger partial charge in [-0.25, -0.2) is 18.2 Å². The number of pyridine rings is 1. The fourth-order valence-corrected chi connectivity index (χ4v) is 3.85. The zero-order valence-corrected chi connectivity index (χ0v) is 17.2. The minimum absolute atomic E-state index is 0.0610. The summed E-state index contributed by atoms with van der Waals surface area (Å²) in [6.45, 7) is 1.88. The van der Waals surface area contributed by atoms with Gasteiger partial charge in [-0.1, -0.05) is 36.4 Å². The van der Waals surface area contributed by atoms with Crippen molar-refractivity contribution < 1.29 is 22.7 Å². The van der Waals surface area contributed by atoms with Crippen LogP contribution >= 0.6 is 0 Å². The second-order valence-electron chi connectivity index (χ2n) is 6.42. The first-order chi connectivity index (χ1) is 14.3. The Morgan fingerprint density at radius 3 is 2.47 bits per heavy atom. The van der Waals surface area contributed by atoms with E-state index in [1.807, 2.05) is 37.3 Å². The molecule has 0 saturated carbocycles. The van der Waals surface area contributed by atoms with Crippen molar-refractivity contribution in [2.24, 2.45) is 0 Å². The van der Waals surface area contributed by atoms with E-state index in [2.05, 4.69) is 15.4 Å². The summed E-state index contributed by atoms with van der Waals surface area (Å²) < 4.78 is 31.0. The highest BCUT2D eigenvalue weighted by atomic mass is 32.2. The normalized spacial score (nSPS) is 12.2. The number of rotatable bonds is 7. The highest BCUT2D eigenvalue weighted by molar-refractivity contribution is 7.92. The summed E-state index contributed by atoms with van der Waals surface area (Å²) in [5, 5.41) is 6.47. The maximum absolute atomic E-state index is 12.4. The van der Waals surface area contributed by atoms with Crippen LogP contribution in [0.1, 0.15) is 29.0 Å². The number of hydrogen-bond acceptors (Lipinski definition) is 7. The number of nitrogens with one attached hydrogen (secondary N) is 1. The van der Waals surface area contributed by atoms with Crippen molar-refractivity contribution in [3.63, 3.8) is 0 Å². The Morgan fingerprint density at radius 1 is 1.13 bits per heavy atom. The first-order valence-corrected chi connectivity index (χ1v) is 10.6. The predicted octanol–water partition coefficient (Wildman–Crippen LogP) is 2.09. The van der Waals surface area contributed by atoms with Crippen LogP contribution in [0.25, 0.3) is 0 Å². The lowest BCUT2D eigenvalue weighted by Crippen LogP contribution is -2.24. The molecule has 3 rings (SSSR count). The third kappa shape index (κ3) is 4.71. The Labute approximate surface area is 173 Å². The smallest absolute Gasteiger partial charge is 0.360 e. The number of carbonyl (C=O) groups is 2. The van der Waals surface area contributed by atoms with Gasteiger partial charge in [-0.15, -0.1) is 0 Å². The van der Waals surface area contributed by atoms with Crippen LogP contribution < -0.4 is 5.32 Å². The molecule has 1 aromatic carbocycles. The van der Waals surface area contributed by atoms with Crippen molar-refractivity contribution in [1.82, 2.24) is 14.8 Å². The summed E-state index contributed by atoms with van der Waals surface area (Å²) in [5.41, 5.74) is 0.877. The molecule has 1 amide bonds. The van der Waals surface area contributed by atoms with Crippen molar-refractivity contribution in [2.45, 2.75) is 18.0 Å². The van der Waals surface area contributed by atoms with E-state index in [4.69, 9.17) is 4.74 Å². The summed E-state index contributed by atoms with van der Waals surface area (Å²) in [7, 11) is -2.74. The number of benzene rings is 1. The van der Waals surface area contributed by atoms with Gasteiger partial charge in [-0.3, -0.25) is 9.48 Å². The van der Waals surface area contributed by atoms with Gasteiger partial charge in [0.2, 0.25) is 15.7 Å². The standard InChI is InChI=1S/C20H20N4O5S/c1-14(15-8-4-3-5-9-15)24-12-16(19(23-24)20(26)29-2)22-17(25)13-30(27,28)18-10-6-7-11-21-18/h3-12,14H,13H2,1-2H3,(H,22,25). The number of ether oxygens (including phenoxy) is 1. The van der Waals surface area contributed by atoms with Gasteiger partial charge in [0.25, 0.3) is 0 Å². The molecular weight excluding hydrogens is 408 g/mol. The second kappa shape index (κ2) is 8.87. The maximum atomic E-state index is 12.4.